The number of ether oxygens (including phenoxy) is 2. The number of fused-ring (bicyclic) bond motifs is 1. The maximum atomic E-state index is 10.9. The Hall–Kier alpha value is -1.58. The van der Waals surface area contributed by atoms with Gasteiger partial charge < -0.3 is 9.47 Å². The van der Waals surface area contributed by atoms with Gasteiger partial charge >= 0.3 is 5.97 Å². The van der Waals surface area contributed by atoms with Crippen LogP contribution < -0.4 is 4.74 Å². The lowest BCUT2D eigenvalue weighted by Gasteiger charge is -2.21. The van der Waals surface area contributed by atoms with Crippen molar-refractivity contribution in [3.8, 4) is 5.88 Å². The number of pyridine rings is 1. The molecule has 4 nitrogen and oxygen atoms in total. The minimum atomic E-state index is -0.685. The Morgan fingerprint density at radius 2 is 2.50 bits per heavy atom. The summed E-state index contributed by atoms with van der Waals surface area (Å²) in [5, 5.41) is 0. The average Bonchev–Trinajstić information content (AvgIpc) is 2.44. The highest BCUT2D eigenvalue weighted by atomic mass is 16.6. The molecule has 1 unspecified atom stereocenters. The van der Waals surface area contributed by atoms with E-state index in [-0.39, 0.29) is 5.97 Å². The highest BCUT2D eigenvalue weighted by Gasteiger charge is 2.40. The average molecular weight is 193 g/mol. The molecule has 1 aliphatic heterocycles. The lowest BCUT2D eigenvalue weighted by atomic mass is 10.0. The molecule has 1 aromatic rings. The maximum Gasteiger partial charge on any atom is 0.303 e. The molecule has 0 radical (unpaired) electrons. The van der Waals surface area contributed by atoms with Crippen molar-refractivity contribution >= 4 is 5.97 Å². The van der Waals surface area contributed by atoms with Crippen LogP contribution in [0.2, 0.25) is 0 Å². The van der Waals surface area contributed by atoms with Crippen molar-refractivity contribution in [2.24, 2.45) is 0 Å². The maximum absolute atomic E-state index is 10.9. The summed E-state index contributed by atoms with van der Waals surface area (Å²) in [7, 11) is 0. The van der Waals surface area contributed by atoms with Crippen LogP contribution in [0.15, 0.2) is 18.3 Å². The molecule has 2 heterocycles. The van der Waals surface area contributed by atoms with E-state index in [1.54, 1.807) is 12.3 Å². The van der Waals surface area contributed by atoms with Crippen molar-refractivity contribution in [3.63, 3.8) is 0 Å². The number of esters is 1. The molecule has 0 fully saturated rings. The fourth-order valence-electron chi connectivity index (χ4n) is 1.59. The van der Waals surface area contributed by atoms with E-state index in [9.17, 15) is 4.79 Å². The smallest absolute Gasteiger partial charge is 0.303 e. The summed E-state index contributed by atoms with van der Waals surface area (Å²) in [4.78, 5) is 15.0. The molecule has 0 aliphatic carbocycles. The van der Waals surface area contributed by atoms with Crippen molar-refractivity contribution < 1.29 is 14.3 Å². The zero-order chi connectivity index (χ0) is 10.2. The second-order valence-corrected chi connectivity index (χ2v) is 3.47. The standard InChI is InChI=1S/C10H11NO3/c1-7(12)14-10(2)6-13-9-8(10)4-3-5-11-9/h3-5H,6H2,1-2H3. The lowest BCUT2D eigenvalue weighted by molar-refractivity contribution is -0.157. The molecule has 0 N–H and O–H groups in total. The largest absolute Gasteiger partial charge is 0.473 e. The highest BCUT2D eigenvalue weighted by molar-refractivity contribution is 5.67. The van der Waals surface area contributed by atoms with Crippen LogP contribution in [0.5, 0.6) is 5.88 Å². The summed E-state index contributed by atoms with van der Waals surface area (Å²) >= 11 is 0. The van der Waals surface area contributed by atoms with Gasteiger partial charge in [0.05, 0.1) is 5.56 Å². The first kappa shape index (κ1) is 8.99. The third-order valence-electron chi connectivity index (χ3n) is 2.19. The van der Waals surface area contributed by atoms with Crippen molar-refractivity contribution in [1.29, 1.82) is 0 Å². The Morgan fingerprint density at radius 1 is 1.71 bits per heavy atom. The minimum Gasteiger partial charge on any atom is -0.473 e. The predicted octanol–water partition coefficient (Wildman–Crippen LogP) is 1.25. The van der Waals surface area contributed by atoms with E-state index >= 15 is 0 Å². The third-order valence-corrected chi connectivity index (χ3v) is 2.19. The third kappa shape index (κ3) is 1.32. The molecule has 1 atom stereocenters. The summed E-state index contributed by atoms with van der Waals surface area (Å²) in [5.41, 5.74) is 0.144. The van der Waals surface area contributed by atoms with Crippen LogP contribution in [0.3, 0.4) is 0 Å². The Kier molecular flexibility index (Phi) is 1.91. The predicted molar refractivity (Wildman–Crippen MR) is 48.9 cm³/mol. The monoisotopic (exact) mass is 193 g/mol. The number of hydrogen-bond acceptors (Lipinski definition) is 4. The summed E-state index contributed by atoms with van der Waals surface area (Å²) in [6.07, 6.45) is 1.65. The topological polar surface area (TPSA) is 48.4 Å². The zero-order valence-electron chi connectivity index (χ0n) is 8.11. The number of hydrogen-bond donors (Lipinski definition) is 0. The Balaban J connectivity index is 2.37. The van der Waals surface area contributed by atoms with Crippen LogP contribution >= 0.6 is 0 Å². The molecular weight excluding hydrogens is 182 g/mol. The molecule has 14 heavy (non-hydrogen) atoms. The van der Waals surface area contributed by atoms with E-state index in [1.807, 2.05) is 13.0 Å². The first-order chi connectivity index (χ1) is 6.62. The quantitative estimate of drug-likeness (QED) is 0.630. The van der Waals surface area contributed by atoms with Gasteiger partial charge in [-0.1, -0.05) is 0 Å². The van der Waals surface area contributed by atoms with E-state index in [4.69, 9.17) is 9.47 Å². The summed E-state index contributed by atoms with van der Waals surface area (Å²) < 4.78 is 10.5. The van der Waals surface area contributed by atoms with Gasteiger partial charge in [-0.2, -0.15) is 0 Å². The van der Waals surface area contributed by atoms with E-state index in [0.29, 0.717) is 12.5 Å². The van der Waals surface area contributed by atoms with Gasteiger partial charge in [-0.05, 0) is 19.1 Å². The van der Waals surface area contributed by atoms with Crippen LogP contribution in [0.1, 0.15) is 19.4 Å². The second-order valence-electron chi connectivity index (χ2n) is 3.47. The van der Waals surface area contributed by atoms with Crippen LogP contribution in [-0.4, -0.2) is 17.6 Å². The number of carbonyl (C=O) groups excluding carboxylic acids is 1. The van der Waals surface area contributed by atoms with Gasteiger partial charge in [0, 0.05) is 13.1 Å². The molecule has 1 aliphatic rings. The van der Waals surface area contributed by atoms with Gasteiger partial charge in [-0.15, -0.1) is 0 Å². The SMILES string of the molecule is CC(=O)OC1(C)COc2ncccc21. The first-order valence-electron chi connectivity index (χ1n) is 4.40. The number of nitrogens with zero attached hydrogens (tertiary/aromatic N) is 1. The van der Waals surface area contributed by atoms with Crippen molar-refractivity contribution in [2.45, 2.75) is 19.4 Å². The molecule has 0 amide bonds. The zero-order valence-corrected chi connectivity index (χ0v) is 8.11. The van der Waals surface area contributed by atoms with E-state index in [2.05, 4.69) is 4.98 Å². The van der Waals surface area contributed by atoms with Crippen molar-refractivity contribution in [2.75, 3.05) is 6.61 Å². The summed E-state index contributed by atoms with van der Waals surface area (Å²) in [6.45, 7) is 3.54. The molecule has 0 spiro atoms. The Bertz CT molecular complexity index is 377. The molecule has 74 valence electrons. The van der Waals surface area contributed by atoms with E-state index in [0.717, 1.165) is 5.56 Å². The van der Waals surface area contributed by atoms with E-state index < -0.39 is 5.60 Å². The molecule has 0 saturated carbocycles. The molecular formula is C10H11NO3. The van der Waals surface area contributed by atoms with Gasteiger partial charge in [0.15, 0.2) is 5.60 Å². The van der Waals surface area contributed by atoms with Gasteiger partial charge in [-0.3, -0.25) is 4.79 Å². The number of rotatable bonds is 1. The van der Waals surface area contributed by atoms with Gasteiger partial charge in [0.1, 0.15) is 6.61 Å². The Morgan fingerprint density at radius 3 is 3.21 bits per heavy atom. The van der Waals surface area contributed by atoms with Crippen molar-refractivity contribution in [1.82, 2.24) is 4.98 Å². The highest BCUT2D eigenvalue weighted by Crippen LogP contribution is 2.37. The molecule has 2 rings (SSSR count). The lowest BCUT2D eigenvalue weighted by Crippen LogP contribution is -2.29. The number of aromatic nitrogens is 1. The first-order valence-corrected chi connectivity index (χ1v) is 4.40. The van der Waals surface area contributed by atoms with Crippen LogP contribution in [0.4, 0.5) is 0 Å². The molecule has 1 aromatic heterocycles. The van der Waals surface area contributed by atoms with Crippen molar-refractivity contribution in [3.05, 3.63) is 23.9 Å². The van der Waals surface area contributed by atoms with Gasteiger partial charge in [-0.25, -0.2) is 4.98 Å². The normalized spacial score (nSPS) is 23.9. The second kappa shape index (κ2) is 2.97. The summed E-state index contributed by atoms with van der Waals surface area (Å²) in [6, 6.07) is 3.66. The van der Waals surface area contributed by atoms with Crippen LogP contribution in [0.25, 0.3) is 0 Å². The van der Waals surface area contributed by atoms with Gasteiger partial charge in [0.25, 0.3) is 0 Å². The van der Waals surface area contributed by atoms with E-state index in [1.165, 1.54) is 6.92 Å². The van der Waals surface area contributed by atoms with Crippen LogP contribution in [0, 0.1) is 0 Å². The minimum absolute atomic E-state index is 0.312. The number of carbonyl (C=O) groups is 1. The molecule has 0 bridgehead atoms. The molecule has 0 aromatic carbocycles. The molecule has 4 heteroatoms. The van der Waals surface area contributed by atoms with Crippen LogP contribution in [-0.2, 0) is 15.1 Å². The fraction of sp³-hybridized carbons (Fsp3) is 0.400. The fourth-order valence-corrected chi connectivity index (χ4v) is 1.59. The van der Waals surface area contributed by atoms with Gasteiger partial charge in [0.2, 0.25) is 5.88 Å². The molecule has 0 saturated heterocycles. The Labute approximate surface area is 81.9 Å². The summed E-state index contributed by atoms with van der Waals surface area (Å²) in [5.74, 6) is 0.240.